The van der Waals surface area contributed by atoms with Crippen molar-refractivity contribution >= 4 is 34.1 Å². The summed E-state index contributed by atoms with van der Waals surface area (Å²) in [6.07, 6.45) is 0.337. The molecule has 0 unspecified atom stereocenters. The Morgan fingerprint density at radius 2 is 1.79 bits per heavy atom. The molecule has 48 heavy (non-hydrogen) atoms. The third kappa shape index (κ3) is 9.18. The Balaban J connectivity index is 1.40. The number of esters is 1. The first kappa shape index (κ1) is 35.6. The van der Waals surface area contributed by atoms with Gasteiger partial charge in [0.05, 0.1) is 54.3 Å². The molecule has 252 valence electrons. The lowest BCUT2D eigenvalue weighted by atomic mass is 9.95. The number of aliphatic hydroxyl groups excluding tert-OH is 1. The Labute approximate surface area is 286 Å². The quantitative estimate of drug-likeness (QED) is 0.0738. The van der Waals surface area contributed by atoms with Crippen molar-refractivity contribution in [1.29, 1.82) is 5.26 Å². The monoisotopic (exact) mass is 721 g/mol. The molecule has 0 bridgehead atoms. The number of nitrogens with one attached hydrogen (secondary N) is 3. The summed E-state index contributed by atoms with van der Waals surface area (Å²) in [5.41, 5.74) is 5.99. The lowest BCUT2D eigenvalue weighted by Crippen LogP contribution is -2.45. The van der Waals surface area contributed by atoms with Gasteiger partial charge in [-0.15, -0.1) is 0 Å². The second kappa shape index (κ2) is 17.1. The van der Waals surface area contributed by atoms with Crippen LogP contribution in [0.3, 0.4) is 0 Å². The van der Waals surface area contributed by atoms with Crippen LogP contribution in [0.15, 0.2) is 75.4 Å². The maximum Gasteiger partial charge on any atom is 0.337 e. The van der Waals surface area contributed by atoms with Gasteiger partial charge in [-0.1, -0.05) is 18.2 Å². The molecular weight excluding hydrogens is 686 g/mol. The number of aliphatic hydroxyl groups is 1. The minimum Gasteiger partial charge on any atom is -0.490 e. The molecule has 1 aliphatic rings. The Bertz CT molecular complexity index is 1720. The number of hydrogen-bond donors (Lipinski definition) is 4. The van der Waals surface area contributed by atoms with Crippen LogP contribution in [0.5, 0.6) is 23.0 Å². The van der Waals surface area contributed by atoms with Gasteiger partial charge >= 0.3 is 12.0 Å². The van der Waals surface area contributed by atoms with Gasteiger partial charge in [0.2, 0.25) is 0 Å². The minimum atomic E-state index is -1.18. The number of urea groups is 1. The summed E-state index contributed by atoms with van der Waals surface area (Å²) in [6.45, 7) is 6.13. The van der Waals surface area contributed by atoms with Crippen molar-refractivity contribution in [2.24, 2.45) is 5.10 Å². The largest absolute Gasteiger partial charge is 0.490 e. The second-order valence-corrected chi connectivity index (χ2v) is 11.1. The molecule has 2 atom stereocenters. The highest BCUT2D eigenvalue weighted by Gasteiger charge is 2.32. The van der Waals surface area contributed by atoms with E-state index in [0.717, 1.165) is 5.56 Å². The molecule has 0 saturated heterocycles. The number of amides is 2. The maximum absolute atomic E-state index is 12.5. The molecule has 0 aromatic heterocycles. The summed E-state index contributed by atoms with van der Waals surface area (Å²) in [5, 5.41) is 29.0. The molecule has 0 radical (unpaired) electrons. The molecule has 0 aliphatic carbocycles. The van der Waals surface area contributed by atoms with Crippen LogP contribution < -0.4 is 35.0 Å². The fourth-order valence-electron chi connectivity index (χ4n) is 4.72. The number of carbonyl (C=O) groups excluding carboxylic acids is 2. The predicted octanol–water partition coefficient (Wildman–Crippen LogP) is 4.82. The Hall–Kier alpha value is -5.26. The Morgan fingerprint density at radius 1 is 1.06 bits per heavy atom. The van der Waals surface area contributed by atoms with Gasteiger partial charge < -0.3 is 39.4 Å². The smallest absolute Gasteiger partial charge is 0.337 e. The number of hydrazone groups is 1. The van der Waals surface area contributed by atoms with Gasteiger partial charge in [0, 0.05) is 5.70 Å². The van der Waals surface area contributed by atoms with E-state index in [1.807, 2.05) is 19.1 Å². The molecule has 1 aliphatic heterocycles. The molecule has 3 aromatic rings. The van der Waals surface area contributed by atoms with Gasteiger partial charge in [0.15, 0.2) is 29.2 Å². The summed E-state index contributed by atoms with van der Waals surface area (Å²) < 4.78 is 29.0. The van der Waals surface area contributed by atoms with Crippen molar-refractivity contribution in [2.45, 2.75) is 39.6 Å². The van der Waals surface area contributed by atoms with Crippen LogP contribution in [0.4, 0.5) is 4.79 Å². The minimum absolute atomic E-state index is 0.177. The van der Waals surface area contributed by atoms with E-state index in [1.165, 1.54) is 13.3 Å². The third-order valence-corrected chi connectivity index (χ3v) is 7.50. The van der Waals surface area contributed by atoms with Gasteiger partial charge in [0.1, 0.15) is 13.2 Å². The number of allylic oxidation sites excluding steroid dienone is 1. The van der Waals surface area contributed by atoms with Crippen molar-refractivity contribution in [3.05, 3.63) is 92.6 Å². The normalized spacial score (nSPS) is 14.8. The van der Waals surface area contributed by atoms with Crippen LogP contribution >= 0.6 is 15.9 Å². The summed E-state index contributed by atoms with van der Waals surface area (Å²) in [6, 6.07) is 16.5. The summed E-state index contributed by atoms with van der Waals surface area (Å²) in [7, 11) is 1.27. The van der Waals surface area contributed by atoms with Gasteiger partial charge in [0.25, 0.3) is 0 Å². The molecule has 0 saturated carbocycles. The first-order chi connectivity index (χ1) is 23.2. The van der Waals surface area contributed by atoms with Crippen molar-refractivity contribution < 1.29 is 38.4 Å². The van der Waals surface area contributed by atoms with E-state index in [9.17, 15) is 14.7 Å². The molecule has 0 spiro atoms. The van der Waals surface area contributed by atoms with Crippen molar-refractivity contribution in [3.8, 4) is 29.1 Å². The van der Waals surface area contributed by atoms with E-state index in [4.69, 9.17) is 28.9 Å². The molecule has 4 rings (SSSR count). The van der Waals surface area contributed by atoms with E-state index in [-0.39, 0.29) is 18.8 Å². The first-order valence-corrected chi connectivity index (χ1v) is 15.8. The number of nitriles is 1. The fraction of sp³-hybridized carbons (Fsp3) is 0.294. The topological polar surface area (TPSA) is 173 Å². The zero-order valence-corrected chi connectivity index (χ0v) is 28.4. The highest BCUT2D eigenvalue weighted by Crippen LogP contribution is 2.37. The molecule has 2 amide bonds. The van der Waals surface area contributed by atoms with Crippen LogP contribution in [0.1, 0.15) is 49.1 Å². The third-order valence-electron chi connectivity index (χ3n) is 6.91. The van der Waals surface area contributed by atoms with Crippen LogP contribution in [-0.2, 0) is 16.1 Å². The summed E-state index contributed by atoms with van der Waals surface area (Å²) in [4.78, 5) is 24.7. The number of ether oxygens (including phenoxy) is 5. The summed E-state index contributed by atoms with van der Waals surface area (Å²) in [5.74, 6) is 1.14. The fourth-order valence-corrected chi connectivity index (χ4v) is 5.29. The molecule has 0 fully saturated rings. The van der Waals surface area contributed by atoms with E-state index in [2.05, 4.69) is 43.2 Å². The van der Waals surface area contributed by atoms with Crippen LogP contribution in [0.25, 0.3) is 0 Å². The average Bonchev–Trinajstić information content (AvgIpc) is 3.07. The first-order valence-electron chi connectivity index (χ1n) is 15.0. The number of halogens is 1. The van der Waals surface area contributed by atoms with Crippen LogP contribution in [0.2, 0.25) is 0 Å². The SMILES string of the molecule is CCOc1cc([C@H]2NC(=O)NC(C)=C2C(=O)OC)ccc1OC[C@H](O)N/N=C/c1cc(Br)c(OCc2ccc(C#N)cc2)c(OCC)c1. The number of methoxy groups -OCH3 is 1. The van der Waals surface area contributed by atoms with E-state index >= 15 is 0 Å². The van der Waals surface area contributed by atoms with E-state index < -0.39 is 24.3 Å². The van der Waals surface area contributed by atoms with E-state index in [1.54, 1.807) is 56.3 Å². The van der Waals surface area contributed by atoms with Crippen molar-refractivity contribution in [3.63, 3.8) is 0 Å². The average molecular weight is 723 g/mol. The Morgan fingerprint density at radius 3 is 2.48 bits per heavy atom. The van der Waals surface area contributed by atoms with Gasteiger partial charge in [-0.05, 0) is 89.8 Å². The van der Waals surface area contributed by atoms with Gasteiger partial charge in [-0.25, -0.2) is 9.59 Å². The zero-order valence-electron chi connectivity index (χ0n) is 26.8. The van der Waals surface area contributed by atoms with Gasteiger partial charge in [-0.2, -0.15) is 10.4 Å². The highest BCUT2D eigenvalue weighted by atomic mass is 79.9. The lowest BCUT2D eigenvalue weighted by molar-refractivity contribution is -0.136. The number of rotatable bonds is 15. The molecule has 14 heteroatoms. The van der Waals surface area contributed by atoms with Crippen LogP contribution in [-0.4, -0.2) is 56.5 Å². The van der Waals surface area contributed by atoms with Crippen LogP contribution in [0, 0.1) is 11.3 Å². The molecular formula is C34H36BrN5O8. The molecule has 4 N–H and O–H groups in total. The number of benzene rings is 3. The number of carbonyl (C=O) groups is 2. The predicted molar refractivity (Wildman–Crippen MR) is 180 cm³/mol. The Kier molecular flexibility index (Phi) is 12.6. The lowest BCUT2D eigenvalue weighted by Gasteiger charge is -2.28. The second-order valence-electron chi connectivity index (χ2n) is 10.3. The molecule has 13 nitrogen and oxygen atoms in total. The molecule has 3 aromatic carbocycles. The number of nitrogens with zero attached hydrogens (tertiary/aromatic N) is 2. The van der Waals surface area contributed by atoms with Crippen molar-refractivity contribution in [2.75, 3.05) is 26.9 Å². The molecule has 1 heterocycles. The highest BCUT2D eigenvalue weighted by molar-refractivity contribution is 9.10. The van der Waals surface area contributed by atoms with E-state index in [0.29, 0.717) is 63.1 Å². The standard InChI is InChI=1S/C34H36BrN5O8/c1-5-45-27-15-24(31-30(33(42)44-4)20(3)38-34(43)39-31)11-12-26(27)47-19-29(41)40-37-17-23-13-25(35)32(28(14-23)46-6-2)48-18-22-9-7-21(16-36)8-10-22/h7-15,17,29,31,40-41H,5-6,18-19H2,1-4H3,(H2,38,39,43)/b37-17+/t29-,31+/m0/s1. The zero-order chi connectivity index (χ0) is 34.6. The van der Waals surface area contributed by atoms with Crippen molar-refractivity contribution in [1.82, 2.24) is 16.1 Å². The number of hydrogen-bond acceptors (Lipinski definition) is 11. The van der Waals surface area contributed by atoms with Gasteiger partial charge in [-0.3, -0.25) is 5.43 Å². The maximum atomic E-state index is 12.5. The summed E-state index contributed by atoms with van der Waals surface area (Å²) >= 11 is 3.55.